The Morgan fingerprint density at radius 1 is 0.970 bits per heavy atom. The maximum Gasteiger partial charge on any atom is 0.192 e. The van der Waals surface area contributed by atoms with E-state index in [1.165, 1.54) is 23.8 Å². The smallest absolute Gasteiger partial charge is 0.192 e. The van der Waals surface area contributed by atoms with Crippen LogP contribution in [-0.2, 0) is 12.4 Å². The van der Waals surface area contributed by atoms with Crippen molar-refractivity contribution < 1.29 is 4.74 Å². The Morgan fingerprint density at radius 3 is 2.64 bits per heavy atom. The summed E-state index contributed by atoms with van der Waals surface area (Å²) in [6.45, 7) is 0.468. The Bertz CT molecular complexity index is 1370. The van der Waals surface area contributed by atoms with Crippen molar-refractivity contribution in [2.75, 3.05) is 0 Å². The van der Waals surface area contributed by atoms with Crippen LogP contribution >= 0.6 is 11.8 Å². The van der Waals surface area contributed by atoms with Crippen LogP contribution < -0.4 is 4.74 Å². The van der Waals surface area contributed by atoms with Gasteiger partial charge in [-0.05, 0) is 48.7 Å². The molecule has 0 amide bonds. The Morgan fingerprint density at radius 2 is 1.82 bits per heavy atom. The van der Waals surface area contributed by atoms with Crippen molar-refractivity contribution in [3.63, 3.8) is 0 Å². The van der Waals surface area contributed by atoms with E-state index in [1.54, 1.807) is 18.0 Å². The first-order valence-electron chi connectivity index (χ1n) is 11.1. The molecule has 0 unspecified atom stereocenters. The van der Waals surface area contributed by atoms with Gasteiger partial charge >= 0.3 is 0 Å². The van der Waals surface area contributed by atoms with Crippen LogP contribution in [0.15, 0.2) is 84.3 Å². The summed E-state index contributed by atoms with van der Waals surface area (Å²) in [5.74, 6) is 2.63. The number of aromatic nitrogens is 5. The summed E-state index contributed by atoms with van der Waals surface area (Å²) >= 11 is 1.74. The molecule has 0 saturated heterocycles. The molecule has 1 aliphatic rings. The highest BCUT2D eigenvalue weighted by Crippen LogP contribution is 2.42. The minimum absolute atomic E-state index is 0.468. The summed E-state index contributed by atoms with van der Waals surface area (Å²) in [5, 5.41) is 11.3. The Kier molecular flexibility index (Phi) is 5.32. The molecule has 164 valence electrons. The fourth-order valence-electron chi connectivity index (χ4n) is 3.95. The molecule has 2 aromatic carbocycles. The third-order valence-corrected chi connectivity index (χ3v) is 6.83. The molecule has 33 heavy (non-hydrogen) atoms. The molecular weight excluding hydrogens is 430 g/mol. The highest BCUT2D eigenvalue weighted by Gasteiger charge is 2.30. The molecule has 0 atom stereocenters. The normalized spacial score (nSPS) is 13.5. The van der Waals surface area contributed by atoms with E-state index in [1.807, 2.05) is 42.6 Å². The molecule has 3 aromatic heterocycles. The van der Waals surface area contributed by atoms with Crippen LogP contribution in [0.25, 0.3) is 22.3 Å². The number of benzene rings is 2. The molecule has 7 heteroatoms. The average molecular weight is 454 g/mol. The lowest BCUT2D eigenvalue weighted by Crippen LogP contribution is -1.99. The number of fused-ring (bicyclic) bond motifs is 1. The van der Waals surface area contributed by atoms with E-state index in [0.717, 1.165) is 39.3 Å². The van der Waals surface area contributed by atoms with Crippen molar-refractivity contribution in [2.24, 2.45) is 0 Å². The van der Waals surface area contributed by atoms with Gasteiger partial charge < -0.3 is 9.72 Å². The van der Waals surface area contributed by atoms with Crippen LogP contribution in [0.3, 0.4) is 0 Å². The third-order valence-electron chi connectivity index (χ3n) is 5.81. The summed E-state index contributed by atoms with van der Waals surface area (Å²) < 4.78 is 8.17. The summed E-state index contributed by atoms with van der Waals surface area (Å²) in [6, 6.07) is 22.9. The first-order valence-corrected chi connectivity index (χ1v) is 12.1. The highest BCUT2D eigenvalue weighted by atomic mass is 32.2. The van der Waals surface area contributed by atoms with E-state index in [-0.39, 0.29) is 0 Å². The highest BCUT2D eigenvalue weighted by molar-refractivity contribution is 7.98. The van der Waals surface area contributed by atoms with Crippen molar-refractivity contribution in [1.29, 1.82) is 0 Å². The van der Waals surface area contributed by atoms with E-state index in [2.05, 4.69) is 55.1 Å². The van der Waals surface area contributed by atoms with Crippen LogP contribution in [0.4, 0.5) is 0 Å². The summed E-state index contributed by atoms with van der Waals surface area (Å²) in [5.41, 5.74) is 4.38. The van der Waals surface area contributed by atoms with Gasteiger partial charge in [-0.3, -0.25) is 9.55 Å². The zero-order valence-electron chi connectivity index (χ0n) is 18.0. The van der Waals surface area contributed by atoms with Crippen LogP contribution in [0.1, 0.15) is 30.1 Å². The Balaban J connectivity index is 1.16. The quantitative estimate of drug-likeness (QED) is 0.291. The number of rotatable bonds is 8. The number of para-hydroxylation sites is 1. The van der Waals surface area contributed by atoms with Gasteiger partial charge in [0.2, 0.25) is 0 Å². The lowest BCUT2D eigenvalue weighted by Gasteiger charge is -2.09. The van der Waals surface area contributed by atoms with Gasteiger partial charge in [-0.25, -0.2) is 0 Å². The van der Waals surface area contributed by atoms with E-state index < -0.39 is 0 Å². The number of nitrogens with zero attached hydrogens (tertiary/aromatic N) is 4. The van der Waals surface area contributed by atoms with Crippen molar-refractivity contribution in [1.82, 2.24) is 24.7 Å². The number of pyridine rings is 1. The summed E-state index contributed by atoms with van der Waals surface area (Å²) in [7, 11) is 0. The summed E-state index contributed by atoms with van der Waals surface area (Å²) in [6.07, 6.45) is 6.20. The standard InChI is InChI=1S/C26H23N5OS/c1-2-7-24-22(6-1)23(15-28-24)25-29-30-26(31(25)20-10-11-20)33-17-18-8-12-21(13-9-18)32-16-19-5-3-4-14-27-19/h1-9,12-15,20,28H,10-11,16-17H2. The molecule has 0 aliphatic heterocycles. The monoisotopic (exact) mass is 453 g/mol. The molecule has 6 nitrogen and oxygen atoms in total. The molecule has 1 fully saturated rings. The van der Waals surface area contributed by atoms with Crippen molar-refractivity contribution >= 4 is 22.7 Å². The minimum Gasteiger partial charge on any atom is -0.487 e. The SMILES string of the molecule is c1ccc(COc2ccc(CSc3nnc(-c4c[nH]c5ccccc45)n3C3CC3)cc2)nc1. The van der Waals surface area contributed by atoms with E-state index >= 15 is 0 Å². The van der Waals surface area contributed by atoms with Gasteiger partial charge in [0.05, 0.1) is 5.69 Å². The first kappa shape index (κ1) is 20.1. The molecule has 0 radical (unpaired) electrons. The van der Waals surface area contributed by atoms with Crippen LogP contribution in [0, 0.1) is 0 Å². The molecular formula is C26H23N5OS. The number of hydrogen-bond donors (Lipinski definition) is 1. The third kappa shape index (κ3) is 4.24. The number of aromatic amines is 1. The fourth-order valence-corrected chi connectivity index (χ4v) is 4.91. The largest absolute Gasteiger partial charge is 0.487 e. The van der Waals surface area contributed by atoms with E-state index in [0.29, 0.717) is 12.6 Å². The molecule has 1 saturated carbocycles. The van der Waals surface area contributed by atoms with Crippen LogP contribution in [0.2, 0.25) is 0 Å². The summed E-state index contributed by atoms with van der Waals surface area (Å²) in [4.78, 5) is 7.66. The molecule has 5 aromatic rings. The lowest BCUT2D eigenvalue weighted by atomic mass is 10.1. The molecule has 3 heterocycles. The molecule has 1 N–H and O–H groups in total. The molecule has 6 rings (SSSR count). The number of nitrogens with one attached hydrogen (secondary N) is 1. The van der Waals surface area contributed by atoms with E-state index in [4.69, 9.17) is 4.74 Å². The second-order valence-electron chi connectivity index (χ2n) is 8.20. The van der Waals surface area contributed by atoms with Gasteiger partial charge in [-0.2, -0.15) is 0 Å². The molecule has 1 aliphatic carbocycles. The Hall–Kier alpha value is -3.58. The number of H-pyrrole nitrogens is 1. The van der Waals surface area contributed by atoms with Crippen molar-refractivity contribution in [2.45, 2.75) is 36.4 Å². The van der Waals surface area contributed by atoms with Gasteiger partial charge in [0.15, 0.2) is 11.0 Å². The van der Waals surface area contributed by atoms with Gasteiger partial charge in [0.1, 0.15) is 12.4 Å². The van der Waals surface area contributed by atoms with Gasteiger partial charge in [0, 0.05) is 40.7 Å². The van der Waals surface area contributed by atoms with Gasteiger partial charge in [0.25, 0.3) is 0 Å². The maximum absolute atomic E-state index is 5.85. The number of ether oxygens (including phenoxy) is 1. The second kappa shape index (κ2) is 8.75. The molecule has 0 spiro atoms. The topological polar surface area (TPSA) is 68.6 Å². The van der Waals surface area contributed by atoms with E-state index in [9.17, 15) is 0 Å². The predicted molar refractivity (Wildman–Crippen MR) is 130 cm³/mol. The lowest BCUT2D eigenvalue weighted by molar-refractivity contribution is 0.301. The first-order chi connectivity index (χ1) is 16.3. The fraction of sp³-hybridized carbons (Fsp3) is 0.192. The minimum atomic E-state index is 0.468. The molecule has 0 bridgehead atoms. The zero-order chi connectivity index (χ0) is 22.0. The number of thioether (sulfide) groups is 1. The second-order valence-corrected chi connectivity index (χ2v) is 9.14. The average Bonchev–Trinajstić information content (AvgIpc) is 3.48. The zero-order valence-corrected chi connectivity index (χ0v) is 18.8. The van der Waals surface area contributed by atoms with Gasteiger partial charge in [-0.1, -0.05) is 48.2 Å². The van der Waals surface area contributed by atoms with Gasteiger partial charge in [-0.15, -0.1) is 10.2 Å². The van der Waals surface area contributed by atoms with Crippen molar-refractivity contribution in [3.8, 4) is 17.1 Å². The Labute approximate surface area is 196 Å². The maximum atomic E-state index is 5.85. The number of hydrogen-bond acceptors (Lipinski definition) is 5. The van der Waals surface area contributed by atoms with Crippen LogP contribution in [0.5, 0.6) is 5.75 Å². The van der Waals surface area contributed by atoms with Crippen LogP contribution in [-0.4, -0.2) is 24.7 Å². The predicted octanol–water partition coefficient (Wildman–Crippen LogP) is 6.03. The van der Waals surface area contributed by atoms with Crippen molar-refractivity contribution in [3.05, 3.63) is 90.4 Å².